The summed E-state index contributed by atoms with van der Waals surface area (Å²) >= 11 is 18.4. The van der Waals surface area contributed by atoms with Gasteiger partial charge in [-0.2, -0.15) is 0 Å². The van der Waals surface area contributed by atoms with Gasteiger partial charge in [0, 0.05) is 17.6 Å². The van der Waals surface area contributed by atoms with Crippen molar-refractivity contribution in [3.8, 4) is 0 Å². The second kappa shape index (κ2) is 5.95. The Balaban J connectivity index is 2.16. The number of pyridine rings is 1. The van der Waals surface area contributed by atoms with Crippen LogP contribution in [-0.4, -0.2) is 13.4 Å². The molecule has 19 heavy (non-hydrogen) atoms. The first-order chi connectivity index (χ1) is 8.88. The molecule has 4 nitrogen and oxygen atoms in total. The van der Waals surface area contributed by atoms with E-state index < -0.39 is 10.0 Å². The summed E-state index contributed by atoms with van der Waals surface area (Å²) in [5.74, 6) is 0. The maximum atomic E-state index is 12.0. The van der Waals surface area contributed by atoms with E-state index in [1.807, 2.05) is 0 Å². The fourth-order valence-electron chi connectivity index (χ4n) is 1.25. The van der Waals surface area contributed by atoms with Crippen molar-refractivity contribution >= 4 is 56.2 Å². The van der Waals surface area contributed by atoms with E-state index in [4.69, 9.17) is 34.8 Å². The van der Waals surface area contributed by atoms with Crippen LogP contribution in [0, 0.1) is 0 Å². The number of hydrogen-bond acceptors (Lipinski definition) is 4. The summed E-state index contributed by atoms with van der Waals surface area (Å²) in [5.41, 5.74) is 0. The highest BCUT2D eigenvalue weighted by molar-refractivity contribution is 7.89. The third kappa shape index (κ3) is 3.81. The van der Waals surface area contributed by atoms with Crippen molar-refractivity contribution in [2.24, 2.45) is 0 Å². The molecule has 0 atom stereocenters. The third-order valence-corrected chi connectivity index (χ3v) is 5.43. The van der Waals surface area contributed by atoms with Gasteiger partial charge >= 0.3 is 0 Å². The lowest BCUT2D eigenvalue weighted by atomic mass is 10.5. The summed E-state index contributed by atoms with van der Waals surface area (Å²) in [6, 6.07) is 4.71. The third-order valence-electron chi connectivity index (χ3n) is 2.15. The molecule has 1 N–H and O–H groups in total. The van der Waals surface area contributed by atoms with Crippen LogP contribution in [-0.2, 0) is 16.6 Å². The number of halogens is 3. The van der Waals surface area contributed by atoms with Gasteiger partial charge < -0.3 is 0 Å². The van der Waals surface area contributed by atoms with E-state index in [0.717, 1.165) is 11.1 Å². The Hall–Kier alpha value is -0.370. The molecule has 0 bridgehead atoms. The van der Waals surface area contributed by atoms with E-state index in [1.165, 1.54) is 17.4 Å². The SMILES string of the molecule is O=S(=O)(NCc1ccc(Cl)s1)c1cnc(Cl)c(Cl)c1. The molecule has 0 saturated carbocycles. The minimum absolute atomic E-state index is 0.0375. The fraction of sp³-hybridized carbons (Fsp3) is 0.100. The average molecular weight is 358 g/mol. The second-order valence-electron chi connectivity index (χ2n) is 3.47. The van der Waals surface area contributed by atoms with E-state index >= 15 is 0 Å². The molecule has 0 aliphatic carbocycles. The van der Waals surface area contributed by atoms with Crippen molar-refractivity contribution in [2.75, 3.05) is 0 Å². The van der Waals surface area contributed by atoms with Gasteiger partial charge in [-0.1, -0.05) is 34.8 Å². The largest absolute Gasteiger partial charge is 0.242 e. The molecule has 2 rings (SSSR count). The number of rotatable bonds is 4. The van der Waals surface area contributed by atoms with Crippen molar-refractivity contribution < 1.29 is 8.42 Å². The van der Waals surface area contributed by atoms with Gasteiger partial charge in [0.05, 0.1) is 9.36 Å². The molecule has 0 saturated heterocycles. The summed E-state index contributed by atoms with van der Waals surface area (Å²) in [7, 11) is -3.68. The molecular formula is C10H7Cl3N2O2S2. The predicted molar refractivity (Wildman–Crippen MR) is 77.6 cm³/mol. The topological polar surface area (TPSA) is 59.1 Å². The van der Waals surface area contributed by atoms with Gasteiger partial charge in [-0.05, 0) is 18.2 Å². The van der Waals surface area contributed by atoms with Crippen LogP contribution in [0.4, 0.5) is 0 Å². The molecule has 2 heterocycles. The quantitative estimate of drug-likeness (QED) is 0.851. The zero-order chi connectivity index (χ0) is 14.0. The van der Waals surface area contributed by atoms with Gasteiger partial charge in [0.15, 0.2) is 0 Å². The maximum Gasteiger partial charge on any atom is 0.242 e. The number of aromatic nitrogens is 1. The van der Waals surface area contributed by atoms with Crippen LogP contribution in [0.5, 0.6) is 0 Å². The lowest BCUT2D eigenvalue weighted by molar-refractivity contribution is 0.581. The van der Waals surface area contributed by atoms with Crippen LogP contribution in [0.3, 0.4) is 0 Å². The molecule has 2 aromatic heterocycles. The Morgan fingerprint density at radius 2 is 2.00 bits per heavy atom. The van der Waals surface area contributed by atoms with Crippen molar-refractivity contribution in [2.45, 2.75) is 11.4 Å². The molecule has 0 amide bonds. The molecule has 0 aliphatic heterocycles. The van der Waals surface area contributed by atoms with Gasteiger partial charge in [-0.15, -0.1) is 11.3 Å². The molecular weight excluding hydrogens is 351 g/mol. The molecule has 0 aliphatic rings. The lowest BCUT2D eigenvalue weighted by Gasteiger charge is -2.06. The predicted octanol–water partition coefficient (Wildman–Crippen LogP) is 3.58. The zero-order valence-electron chi connectivity index (χ0n) is 9.23. The van der Waals surface area contributed by atoms with Crippen LogP contribution in [0.25, 0.3) is 0 Å². The molecule has 0 aromatic carbocycles. The van der Waals surface area contributed by atoms with E-state index in [-0.39, 0.29) is 21.6 Å². The Morgan fingerprint density at radius 3 is 2.58 bits per heavy atom. The molecule has 0 unspecified atom stereocenters. The minimum Gasteiger partial charge on any atom is -0.242 e. The monoisotopic (exact) mass is 356 g/mol. The summed E-state index contributed by atoms with van der Waals surface area (Å²) < 4.78 is 27.0. The van der Waals surface area contributed by atoms with Gasteiger partial charge in [0.25, 0.3) is 0 Å². The second-order valence-corrected chi connectivity index (χ2v) is 7.81. The van der Waals surface area contributed by atoms with Crippen molar-refractivity contribution in [1.29, 1.82) is 0 Å². The normalized spacial score (nSPS) is 11.7. The van der Waals surface area contributed by atoms with E-state index in [9.17, 15) is 8.42 Å². The number of hydrogen-bond donors (Lipinski definition) is 1. The molecule has 102 valence electrons. The smallest absolute Gasteiger partial charge is 0.242 e. The number of thiophene rings is 1. The highest BCUT2D eigenvalue weighted by Crippen LogP contribution is 2.23. The van der Waals surface area contributed by atoms with Gasteiger partial charge in [0.1, 0.15) is 10.0 Å². The minimum atomic E-state index is -3.68. The summed E-state index contributed by atoms with van der Waals surface area (Å²) in [5, 5.41) is 0.148. The maximum absolute atomic E-state index is 12.0. The van der Waals surface area contributed by atoms with Gasteiger partial charge in [-0.3, -0.25) is 0 Å². The average Bonchev–Trinajstić information content (AvgIpc) is 2.76. The number of nitrogens with one attached hydrogen (secondary N) is 1. The van der Waals surface area contributed by atoms with E-state index in [0.29, 0.717) is 4.34 Å². The molecule has 0 spiro atoms. The molecule has 2 aromatic rings. The van der Waals surface area contributed by atoms with Gasteiger partial charge in [0.2, 0.25) is 10.0 Å². The van der Waals surface area contributed by atoms with E-state index in [1.54, 1.807) is 12.1 Å². The molecule has 0 fully saturated rings. The standard InChI is InChI=1S/C10H7Cl3N2O2S2/c11-8-3-7(5-14-10(8)13)19(16,17)15-4-6-1-2-9(12)18-6/h1-3,5,15H,4H2. The van der Waals surface area contributed by atoms with Crippen molar-refractivity contribution in [3.05, 3.63) is 43.8 Å². The summed E-state index contributed by atoms with van der Waals surface area (Å²) in [6.45, 7) is 0.153. The summed E-state index contributed by atoms with van der Waals surface area (Å²) in [6.07, 6.45) is 1.15. The first kappa shape index (κ1) is 15.0. The molecule has 9 heteroatoms. The van der Waals surface area contributed by atoms with Crippen LogP contribution < -0.4 is 4.72 Å². The van der Waals surface area contributed by atoms with Crippen molar-refractivity contribution in [1.82, 2.24) is 9.71 Å². The highest BCUT2D eigenvalue weighted by Gasteiger charge is 2.16. The van der Waals surface area contributed by atoms with Crippen LogP contribution in [0.2, 0.25) is 14.5 Å². The zero-order valence-corrected chi connectivity index (χ0v) is 13.1. The first-order valence-corrected chi connectivity index (χ1v) is 8.37. The Bertz CT molecular complexity index is 701. The number of nitrogens with zero attached hydrogens (tertiary/aromatic N) is 1. The van der Waals surface area contributed by atoms with Crippen LogP contribution in [0.1, 0.15) is 4.88 Å². The number of sulfonamides is 1. The van der Waals surface area contributed by atoms with E-state index in [2.05, 4.69) is 9.71 Å². The lowest BCUT2D eigenvalue weighted by Crippen LogP contribution is -2.22. The fourth-order valence-corrected chi connectivity index (χ4v) is 3.68. The Labute approximate surface area is 129 Å². The summed E-state index contributed by atoms with van der Waals surface area (Å²) in [4.78, 5) is 4.47. The highest BCUT2D eigenvalue weighted by atomic mass is 35.5. The van der Waals surface area contributed by atoms with Crippen LogP contribution >= 0.6 is 46.1 Å². The Kier molecular flexibility index (Phi) is 4.70. The van der Waals surface area contributed by atoms with Gasteiger partial charge in [-0.25, -0.2) is 18.1 Å². The first-order valence-electron chi connectivity index (χ1n) is 4.93. The van der Waals surface area contributed by atoms with Crippen molar-refractivity contribution in [3.63, 3.8) is 0 Å². The Morgan fingerprint density at radius 1 is 1.26 bits per heavy atom. The molecule has 0 radical (unpaired) electrons. The van der Waals surface area contributed by atoms with Crippen LogP contribution in [0.15, 0.2) is 29.3 Å².